The van der Waals surface area contributed by atoms with E-state index in [0.29, 0.717) is 10.7 Å². The molecule has 0 aliphatic carbocycles. The highest BCUT2D eigenvalue weighted by atomic mass is 35.5. The summed E-state index contributed by atoms with van der Waals surface area (Å²) in [6.45, 7) is 8.50. The van der Waals surface area contributed by atoms with Gasteiger partial charge in [-0.3, -0.25) is 9.10 Å². The van der Waals surface area contributed by atoms with Crippen LogP contribution in [0.3, 0.4) is 0 Å². The molecule has 0 aromatic heterocycles. The van der Waals surface area contributed by atoms with Crippen LogP contribution in [-0.2, 0) is 20.2 Å². The standard InChI is InChI=1S/C28H31ClN2O5S/c1-19-9-12-21(13-10-19)37(33,34)31-18-26(36-25-14-11-20(29)17-23(25)31)27(32)30-15-16-35-24-8-6-5-7-22(24)28(2,3)4/h5-14,17,26H,15-16,18H2,1-4H3,(H,30,32). The number of nitrogens with zero attached hydrogens (tertiary/aromatic N) is 1. The molecule has 1 N–H and O–H groups in total. The fraction of sp³-hybridized carbons (Fsp3) is 0.321. The molecular formula is C28H31ClN2O5S. The van der Waals surface area contributed by atoms with Crippen LogP contribution in [0.1, 0.15) is 31.9 Å². The van der Waals surface area contributed by atoms with Crippen LogP contribution in [0.5, 0.6) is 11.5 Å². The van der Waals surface area contributed by atoms with Gasteiger partial charge in [-0.2, -0.15) is 0 Å². The van der Waals surface area contributed by atoms with Crippen molar-refractivity contribution in [1.29, 1.82) is 0 Å². The third-order valence-electron chi connectivity index (χ3n) is 6.05. The largest absolute Gasteiger partial charge is 0.491 e. The minimum Gasteiger partial charge on any atom is -0.491 e. The molecule has 37 heavy (non-hydrogen) atoms. The Hall–Kier alpha value is -3.23. The smallest absolute Gasteiger partial charge is 0.264 e. The average Bonchev–Trinajstić information content (AvgIpc) is 2.85. The topological polar surface area (TPSA) is 84.9 Å². The first-order valence-electron chi connectivity index (χ1n) is 12.0. The number of halogens is 1. The Morgan fingerprint density at radius 1 is 1.11 bits per heavy atom. The first kappa shape index (κ1) is 26.8. The van der Waals surface area contributed by atoms with Gasteiger partial charge in [-0.1, -0.05) is 68.3 Å². The highest BCUT2D eigenvalue weighted by Gasteiger charge is 2.37. The number of benzene rings is 3. The van der Waals surface area contributed by atoms with E-state index < -0.39 is 22.0 Å². The van der Waals surface area contributed by atoms with E-state index in [0.717, 1.165) is 16.9 Å². The van der Waals surface area contributed by atoms with Crippen molar-refractivity contribution in [1.82, 2.24) is 5.32 Å². The number of nitrogens with one attached hydrogen (secondary N) is 1. The predicted octanol–water partition coefficient (Wildman–Crippen LogP) is 5.10. The van der Waals surface area contributed by atoms with Crippen LogP contribution in [0.25, 0.3) is 0 Å². The third-order valence-corrected chi connectivity index (χ3v) is 8.07. The zero-order valence-electron chi connectivity index (χ0n) is 21.3. The Balaban J connectivity index is 1.48. The minimum absolute atomic E-state index is 0.0849. The SMILES string of the molecule is Cc1ccc(S(=O)(=O)N2CC(C(=O)NCCOc3ccccc3C(C)(C)C)Oc3ccc(Cl)cc32)cc1. The zero-order chi connectivity index (χ0) is 26.8. The maximum Gasteiger partial charge on any atom is 0.264 e. The normalized spacial score (nSPS) is 15.5. The lowest BCUT2D eigenvalue weighted by Crippen LogP contribution is -2.51. The van der Waals surface area contributed by atoms with Crippen LogP contribution in [0, 0.1) is 6.92 Å². The first-order chi connectivity index (χ1) is 17.5. The van der Waals surface area contributed by atoms with Crippen molar-refractivity contribution >= 4 is 33.2 Å². The molecular weight excluding hydrogens is 512 g/mol. The predicted molar refractivity (Wildman–Crippen MR) is 145 cm³/mol. The molecule has 0 fully saturated rings. The van der Waals surface area contributed by atoms with Gasteiger partial charge >= 0.3 is 0 Å². The maximum atomic E-state index is 13.5. The van der Waals surface area contributed by atoms with Crippen molar-refractivity contribution in [3.8, 4) is 11.5 Å². The van der Waals surface area contributed by atoms with Gasteiger partial charge in [0, 0.05) is 5.02 Å². The lowest BCUT2D eigenvalue weighted by Gasteiger charge is -2.35. The van der Waals surface area contributed by atoms with Crippen LogP contribution < -0.4 is 19.1 Å². The van der Waals surface area contributed by atoms with Crippen LogP contribution in [0.2, 0.25) is 5.02 Å². The van der Waals surface area contributed by atoms with Gasteiger partial charge < -0.3 is 14.8 Å². The Morgan fingerprint density at radius 2 is 1.81 bits per heavy atom. The summed E-state index contributed by atoms with van der Waals surface area (Å²) in [5, 5.41) is 3.17. The molecule has 0 spiro atoms. The second-order valence-corrected chi connectivity index (χ2v) is 12.3. The van der Waals surface area contributed by atoms with E-state index in [4.69, 9.17) is 21.1 Å². The summed E-state index contributed by atoms with van der Waals surface area (Å²) in [6.07, 6.45) is -1.05. The molecule has 1 aliphatic rings. The number of ether oxygens (including phenoxy) is 2. The van der Waals surface area contributed by atoms with Crippen LogP contribution >= 0.6 is 11.6 Å². The fourth-order valence-corrected chi connectivity index (χ4v) is 5.72. The zero-order valence-corrected chi connectivity index (χ0v) is 22.9. The molecule has 0 bridgehead atoms. The highest BCUT2D eigenvalue weighted by Crippen LogP contribution is 2.39. The van der Waals surface area contributed by atoms with E-state index in [-0.39, 0.29) is 35.8 Å². The van der Waals surface area contributed by atoms with Crippen molar-refractivity contribution in [2.75, 3.05) is 24.0 Å². The summed E-state index contributed by atoms with van der Waals surface area (Å²) in [5.41, 5.74) is 2.22. The van der Waals surface area contributed by atoms with E-state index in [1.54, 1.807) is 36.4 Å². The molecule has 3 aromatic rings. The number of sulfonamides is 1. The van der Waals surface area contributed by atoms with Gasteiger partial charge in [-0.25, -0.2) is 8.42 Å². The Morgan fingerprint density at radius 3 is 2.51 bits per heavy atom. The lowest BCUT2D eigenvalue weighted by molar-refractivity contribution is -0.127. The number of hydrogen-bond acceptors (Lipinski definition) is 5. The number of carbonyl (C=O) groups excluding carboxylic acids is 1. The number of amides is 1. The molecule has 196 valence electrons. The molecule has 1 atom stereocenters. The monoisotopic (exact) mass is 542 g/mol. The number of hydrogen-bond donors (Lipinski definition) is 1. The second kappa shape index (κ2) is 10.6. The molecule has 3 aromatic carbocycles. The Bertz CT molecular complexity index is 1380. The third kappa shape index (κ3) is 6.02. The number of anilines is 1. The van der Waals surface area contributed by atoms with Gasteiger partial charge in [0.2, 0.25) is 0 Å². The summed E-state index contributed by atoms with van der Waals surface area (Å²) < 4.78 is 40.1. The van der Waals surface area contributed by atoms with Crippen molar-refractivity contribution < 1.29 is 22.7 Å². The van der Waals surface area contributed by atoms with E-state index in [1.807, 2.05) is 31.2 Å². The fourth-order valence-electron chi connectivity index (χ4n) is 4.09. The molecule has 1 unspecified atom stereocenters. The van der Waals surface area contributed by atoms with Gasteiger partial charge in [0.25, 0.3) is 15.9 Å². The number of rotatable bonds is 7. The molecule has 7 nitrogen and oxygen atoms in total. The summed E-state index contributed by atoms with van der Waals surface area (Å²) in [4.78, 5) is 13.1. The number of carbonyl (C=O) groups is 1. The second-order valence-electron chi connectivity index (χ2n) is 9.95. The van der Waals surface area contributed by atoms with Crippen molar-refractivity contribution in [3.05, 3.63) is 82.9 Å². The van der Waals surface area contributed by atoms with Crippen molar-refractivity contribution in [3.63, 3.8) is 0 Å². The van der Waals surface area contributed by atoms with E-state index in [1.165, 1.54) is 10.4 Å². The molecule has 0 radical (unpaired) electrons. The van der Waals surface area contributed by atoms with Gasteiger partial charge in [0.05, 0.1) is 23.7 Å². The van der Waals surface area contributed by atoms with Crippen LogP contribution in [0.15, 0.2) is 71.6 Å². The molecule has 0 saturated heterocycles. The molecule has 9 heteroatoms. The van der Waals surface area contributed by atoms with Crippen molar-refractivity contribution in [2.24, 2.45) is 0 Å². The molecule has 1 amide bonds. The van der Waals surface area contributed by atoms with Crippen LogP contribution in [0.4, 0.5) is 5.69 Å². The first-order valence-corrected chi connectivity index (χ1v) is 13.8. The number of fused-ring (bicyclic) bond motifs is 1. The Labute approximate surface area is 223 Å². The molecule has 0 saturated carbocycles. The van der Waals surface area contributed by atoms with E-state index >= 15 is 0 Å². The number of para-hydroxylation sites is 1. The van der Waals surface area contributed by atoms with Gasteiger partial charge in [-0.15, -0.1) is 0 Å². The average molecular weight is 543 g/mol. The maximum absolute atomic E-state index is 13.5. The summed E-state index contributed by atoms with van der Waals surface area (Å²) >= 11 is 6.16. The summed E-state index contributed by atoms with van der Waals surface area (Å²) in [6, 6.07) is 19.1. The van der Waals surface area contributed by atoms with Gasteiger partial charge in [-0.05, 0) is 54.3 Å². The molecule has 4 rings (SSSR count). The summed E-state index contributed by atoms with van der Waals surface area (Å²) in [7, 11) is -3.97. The Kier molecular flexibility index (Phi) is 7.71. The molecule has 1 aliphatic heterocycles. The minimum atomic E-state index is -3.97. The van der Waals surface area contributed by atoms with Gasteiger partial charge in [0.1, 0.15) is 18.1 Å². The number of aryl methyl sites for hydroxylation is 1. The molecule has 1 heterocycles. The van der Waals surface area contributed by atoms with Crippen LogP contribution in [-0.4, -0.2) is 40.1 Å². The van der Waals surface area contributed by atoms with Gasteiger partial charge in [0.15, 0.2) is 6.10 Å². The quantitative estimate of drug-likeness (QED) is 0.420. The highest BCUT2D eigenvalue weighted by molar-refractivity contribution is 7.92. The van der Waals surface area contributed by atoms with E-state index in [2.05, 4.69) is 26.1 Å². The lowest BCUT2D eigenvalue weighted by atomic mass is 9.86. The van der Waals surface area contributed by atoms with E-state index in [9.17, 15) is 13.2 Å². The van der Waals surface area contributed by atoms with Crippen molar-refractivity contribution in [2.45, 2.75) is 44.1 Å². The summed E-state index contributed by atoms with van der Waals surface area (Å²) in [5.74, 6) is 0.596.